The number of carbonyl (C=O) groups is 1. The number of hydrogen-bond donors (Lipinski definition) is 0. The van der Waals surface area contributed by atoms with Crippen LogP contribution in [0.15, 0.2) is 84.9 Å². The van der Waals surface area contributed by atoms with Crippen LogP contribution in [-0.4, -0.2) is 23.8 Å². The van der Waals surface area contributed by atoms with Crippen LogP contribution in [0.3, 0.4) is 0 Å². The van der Waals surface area contributed by atoms with Crippen LogP contribution in [0.25, 0.3) is 0 Å². The molecule has 1 saturated heterocycles. The van der Waals surface area contributed by atoms with Crippen molar-refractivity contribution in [3.05, 3.63) is 102 Å². The van der Waals surface area contributed by atoms with Crippen LogP contribution < -0.4 is 4.74 Å². The summed E-state index contributed by atoms with van der Waals surface area (Å²) in [7, 11) is 1.66. The average molecular weight is 343 g/mol. The van der Waals surface area contributed by atoms with Gasteiger partial charge in [0, 0.05) is 12.1 Å². The van der Waals surface area contributed by atoms with E-state index in [2.05, 4.69) is 29.2 Å². The molecule has 0 aliphatic carbocycles. The van der Waals surface area contributed by atoms with Crippen LogP contribution in [0.1, 0.15) is 27.5 Å². The molecule has 1 unspecified atom stereocenters. The van der Waals surface area contributed by atoms with Gasteiger partial charge in [0.1, 0.15) is 5.75 Å². The molecule has 1 aliphatic heterocycles. The fourth-order valence-corrected chi connectivity index (χ4v) is 3.51. The number of Topliss-reactive ketones (excluding diaryl/α,β-unsaturated/α-hetero) is 1. The Morgan fingerprint density at radius 2 is 1.50 bits per heavy atom. The van der Waals surface area contributed by atoms with Crippen LogP contribution in [0.4, 0.5) is 0 Å². The van der Waals surface area contributed by atoms with E-state index in [0.29, 0.717) is 0 Å². The van der Waals surface area contributed by atoms with Gasteiger partial charge in [-0.05, 0) is 23.3 Å². The molecule has 3 nitrogen and oxygen atoms in total. The average Bonchev–Trinajstić information content (AvgIpc) is 3.42. The van der Waals surface area contributed by atoms with Gasteiger partial charge >= 0.3 is 0 Å². The molecule has 3 heteroatoms. The molecule has 0 bridgehead atoms. The molecular weight excluding hydrogens is 322 g/mol. The van der Waals surface area contributed by atoms with Crippen molar-refractivity contribution in [2.75, 3.05) is 7.11 Å². The highest BCUT2D eigenvalue weighted by atomic mass is 16.5. The van der Waals surface area contributed by atoms with Crippen molar-refractivity contribution < 1.29 is 9.53 Å². The van der Waals surface area contributed by atoms with Crippen molar-refractivity contribution in [1.82, 2.24) is 4.90 Å². The Hall–Kier alpha value is -2.91. The Kier molecular flexibility index (Phi) is 4.55. The van der Waals surface area contributed by atoms with Gasteiger partial charge < -0.3 is 4.74 Å². The van der Waals surface area contributed by atoms with Gasteiger partial charge in [-0.25, -0.2) is 0 Å². The normalized spacial score (nSPS) is 21.2. The maximum absolute atomic E-state index is 13.0. The maximum atomic E-state index is 13.0. The molecule has 1 heterocycles. The number of methoxy groups -OCH3 is 1. The van der Waals surface area contributed by atoms with E-state index in [1.165, 1.54) is 5.56 Å². The molecule has 0 spiro atoms. The third kappa shape index (κ3) is 3.26. The summed E-state index contributed by atoms with van der Waals surface area (Å²) in [4.78, 5) is 15.3. The summed E-state index contributed by atoms with van der Waals surface area (Å²) in [6.07, 6.45) is 0. The number of rotatable bonds is 6. The highest BCUT2D eigenvalue weighted by Crippen LogP contribution is 2.46. The van der Waals surface area contributed by atoms with Gasteiger partial charge in [0.05, 0.1) is 19.2 Å². The molecule has 26 heavy (non-hydrogen) atoms. The smallest absolute Gasteiger partial charge is 0.181 e. The van der Waals surface area contributed by atoms with Gasteiger partial charge in [0.2, 0.25) is 0 Å². The van der Waals surface area contributed by atoms with E-state index in [-0.39, 0.29) is 17.9 Å². The highest BCUT2D eigenvalue weighted by molar-refractivity contribution is 6.02. The lowest BCUT2D eigenvalue weighted by Crippen LogP contribution is -2.13. The Morgan fingerprint density at radius 3 is 2.12 bits per heavy atom. The van der Waals surface area contributed by atoms with Crippen molar-refractivity contribution >= 4 is 5.78 Å². The first-order chi connectivity index (χ1) is 12.8. The van der Waals surface area contributed by atoms with Crippen molar-refractivity contribution in [3.8, 4) is 5.75 Å². The molecule has 0 saturated carbocycles. The summed E-state index contributed by atoms with van der Waals surface area (Å²) < 4.78 is 5.25. The molecule has 0 amide bonds. The maximum Gasteiger partial charge on any atom is 0.181 e. The van der Waals surface area contributed by atoms with E-state index in [1.54, 1.807) is 7.11 Å². The predicted octanol–water partition coefficient (Wildman–Crippen LogP) is 4.50. The molecule has 0 radical (unpaired) electrons. The molecule has 1 fully saturated rings. The summed E-state index contributed by atoms with van der Waals surface area (Å²) in [5.74, 6) is 1.01. The van der Waals surface area contributed by atoms with Gasteiger partial charge in [-0.3, -0.25) is 9.69 Å². The number of carbonyl (C=O) groups excluding carboxylic acids is 1. The minimum Gasteiger partial charge on any atom is -0.497 e. The van der Waals surface area contributed by atoms with E-state index in [9.17, 15) is 4.79 Å². The van der Waals surface area contributed by atoms with Crippen molar-refractivity contribution in [3.63, 3.8) is 0 Å². The largest absolute Gasteiger partial charge is 0.497 e. The molecule has 3 aromatic carbocycles. The summed E-state index contributed by atoms with van der Waals surface area (Å²) >= 11 is 0. The van der Waals surface area contributed by atoms with E-state index < -0.39 is 0 Å². The minimum atomic E-state index is -0.119. The molecule has 4 rings (SSSR count). The van der Waals surface area contributed by atoms with Crippen LogP contribution in [-0.2, 0) is 6.54 Å². The second kappa shape index (κ2) is 7.14. The second-order valence-electron chi connectivity index (χ2n) is 6.55. The predicted molar refractivity (Wildman–Crippen MR) is 102 cm³/mol. The lowest BCUT2D eigenvalue weighted by Gasteiger charge is -2.05. The van der Waals surface area contributed by atoms with Crippen LogP contribution in [0.2, 0.25) is 0 Å². The minimum absolute atomic E-state index is 0.105. The number of benzene rings is 3. The van der Waals surface area contributed by atoms with Gasteiger partial charge in [-0.1, -0.05) is 72.8 Å². The Morgan fingerprint density at radius 1 is 0.885 bits per heavy atom. The van der Waals surface area contributed by atoms with Gasteiger partial charge in [0.15, 0.2) is 5.78 Å². The summed E-state index contributed by atoms with van der Waals surface area (Å²) in [6.45, 7) is 0.765. The van der Waals surface area contributed by atoms with Crippen molar-refractivity contribution in [2.45, 2.75) is 18.6 Å². The summed E-state index contributed by atoms with van der Waals surface area (Å²) in [5, 5.41) is 0. The fraction of sp³-hybridized carbons (Fsp3) is 0.174. The highest BCUT2D eigenvalue weighted by Gasteiger charge is 2.52. The fourth-order valence-electron chi connectivity index (χ4n) is 3.51. The molecule has 1 aliphatic rings. The number of hydrogen-bond acceptors (Lipinski definition) is 3. The topological polar surface area (TPSA) is 29.3 Å². The quantitative estimate of drug-likeness (QED) is 0.487. The first-order valence-electron chi connectivity index (χ1n) is 8.81. The number of ether oxygens (including phenoxy) is 1. The zero-order valence-electron chi connectivity index (χ0n) is 14.7. The Labute approximate surface area is 153 Å². The summed E-state index contributed by atoms with van der Waals surface area (Å²) in [5.41, 5.74) is 3.14. The summed E-state index contributed by atoms with van der Waals surface area (Å²) in [6, 6.07) is 27.9. The van der Waals surface area contributed by atoms with Gasteiger partial charge in [0.25, 0.3) is 0 Å². The van der Waals surface area contributed by atoms with Crippen molar-refractivity contribution in [1.29, 1.82) is 0 Å². The lowest BCUT2D eigenvalue weighted by molar-refractivity contribution is 0.0973. The molecule has 130 valence electrons. The standard InChI is InChI=1S/C23H21NO2/c1-26-20-14-12-18(13-15-20)21-22(23(25)19-10-6-3-7-11-19)24(21)16-17-8-4-2-5-9-17/h2-15,21-22H,16H2,1H3/t21-,22+,24?/m0/s1. The zero-order valence-corrected chi connectivity index (χ0v) is 14.7. The monoisotopic (exact) mass is 343 g/mol. The van der Waals surface area contributed by atoms with E-state index in [1.807, 2.05) is 60.7 Å². The zero-order chi connectivity index (χ0) is 17.9. The van der Waals surface area contributed by atoms with Gasteiger partial charge in [-0.15, -0.1) is 0 Å². The van der Waals surface area contributed by atoms with Gasteiger partial charge in [-0.2, -0.15) is 0 Å². The SMILES string of the molecule is COc1ccc([C@H]2[C@H](C(=O)c3ccccc3)N2Cc2ccccc2)cc1. The van der Waals surface area contributed by atoms with E-state index in [4.69, 9.17) is 4.74 Å². The molecule has 0 aromatic heterocycles. The third-order valence-electron chi connectivity index (χ3n) is 4.92. The van der Waals surface area contributed by atoms with Crippen LogP contribution >= 0.6 is 0 Å². The first kappa shape index (κ1) is 16.6. The van der Waals surface area contributed by atoms with Crippen molar-refractivity contribution in [2.24, 2.45) is 0 Å². The van der Waals surface area contributed by atoms with E-state index in [0.717, 1.165) is 23.4 Å². The molecular formula is C23H21NO2. The van der Waals surface area contributed by atoms with E-state index >= 15 is 0 Å². The Bertz CT molecular complexity index is 875. The third-order valence-corrected chi connectivity index (χ3v) is 4.92. The second-order valence-corrected chi connectivity index (χ2v) is 6.55. The number of ketones is 1. The van der Waals surface area contributed by atoms with Crippen LogP contribution in [0, 0.1) is 0 Å². The molecule has 3 atom stereocenters. The number of nitrogens with zero attached hydrogens (tertiary/aromatic N) is 1. The molecule has 0 N–H and O–H groups in total. The molecule has 3 aromatic rings. The Balaban J connectivity index is 1.61. The lowest BCUT2D eigenvalue weighted by atomic mass is 10.0. The first-order valence-corrected chi connectivity index (χ1v) is 8.81. The van der Waals surface area contributed by atoms with Crippen LogP contribution in [0.5, 0.6) is 5.75 Å².